The molecule has 0 aliphatic carbocycles. The molecule has 0 unspecified atom stereocenters. The maximum Gasteiger partial charge on any atom is 0.242 e. The molecule has 1 heterocycles. The Kier molecular flexibility index (Phi) is 3.28. The Morgan fingerprint density at radius 3 is 2.56 bits per heavy atom. The first-order valence-electron chi connectivity index (χ1n) is 6.09. The monoisotopic (exact) mass is 247 g/mol. The maximum atomic E-state index is 12.1. The summed E-state index contributed by atoms with van der Waals surface area (Å²) < 4.78 is 5.67. The Hall–Kier alpha value is -1.97. The Morgan fingerprint density at radius 1 is 1.28 bits per heavy atom. The number of hydrogen-bond donors (Lipinski definition) is 1. The van der Waals surface area contributed by atoms with E-state index >= 15 is 0 Å². The van der Waals surface area contributed by atoms with Gasteiger partial charge >= 0.3 is 0 Å². The van der Waals surface area contributed by atoms with Crippen molar-refractivity contribution in [2.75, 3.05) is 18.0 Å². The van der Waals surface area contributed by atoms with E-state index < -0.39 is 0 Å². The van der Waals surface area contributed by atoms with Crippen LogP contribution in [0.25, 0.3) is 11.0 Å². The van der Waals surface area contributed by atoms with Gasteiger partial charge in [0.05, 0.1) is 5.39 Å². The zero-order valence-electron chi connectivity index (χ0n) is 10.9. The van der Waals surface area contributed by atoms with Crippen LogP contribution in [0.3, 0.4) is 0 Å². The van der Waals surface area contributed by atoms with Crippen molar-refractivity contribution >= 4 is 16.9 Å². The lowest BCUT2D eigenvalue weighted by atomic mass is 10.1. The molecule has 1 aromatic heterocycles. The number of rotatable bonds is 3. The van der Waals surface area contributed by atoms with Crippen LogP contribution >= 0.6 is 0 Å². The van der Waals surface area contributed by atoms with Gasteiger partial charge in [-0.2, -0.15) is 0 Å². The number of hydrogen-bond acceptors (Lipinski definition) is 4. The van der Waals surface area contributed by atoms with Crippen LogP contribution in [-0.2, 0) is 0 Å². The molecule has 0 radical (unpaired) electrons. The summed E-state index contributed by atoms with van der Waals surface area (Å²) in [7, 11) is 0. The zero-order valence-corrected chi connectivity index (χ0v) is 10.9. The summed E-state index contributed by atoms with van der Waals surface area (Å²) in [6.07, 6.45) is 0. The largest absolute Gasteiger partial charge is 0.500 e. The third kappa shape index (κ3) is 1.94. The molecule has 4 nitrogen and oxygen atoms in total. The molecule has 0 fully saturated rings. The number of aromatic hydroxyl groups is 1. The minimum Gasteiger partial charge on any atom is -0.500 e. The van der Waals surface area contributed by atoms with Gasteiger partial charge in [-0.05, 0) is 38.5 Å². The summed E-state index contributed by atoms with van der Waals surface area (Å²) in [6.45, 7) is 7.17. The van der Waals surface area contributed by atoms with Gasteiger partial charge < -0.3 is 14.4 Å². The minimum atomic E-state index is -0.377. The van der Waals surface area contributed by atoms with Gasteiger partial charge in [-0.1, -0.05) is 6.07 Å². The van der Waals surface area contributed by atoms with E-state index in [1.807, 2.05) is 37.8 Å². The molecule has 2 rings (SSSR count). The fraction of sp³-hybridized carbons (Fsp3) is 0.357. The molecule has 0 amide bonds. The first-order chi connectivity index (χ1) is 8.58. The van der Waals surface area contributed by atoms with Crippen LogP contribution in [-0.4, -0.2) is 18.2 Å². The molecule has 1 aromatic carbocycles. The number of anilines is 1. The number of nitrogens with zero attached hydrogens (tertiary/aromatic N) is 1. The lowest BCUT2D eigenvalue weighted by molar-refractivity contribution is 0.440. The zero-order chi connectivity index (χ0) is 13.3. The third-order valence-corrected chi connectivity index (χ3v) is 3.06. The Labute approximate surface area is 105 Å². The summed E-state index contributed by atoms with van der Waals surface area (Å²) in [6, 6.07) is 5.32. The standard InChI is InChI=1S/C14H17NO3/c1-4-15(5-2)14-13(17)12(16)10-7-6-9(3)8-11(10)18-14/h6-8,17H,4-5H2,1-3H3. The molecule has 0 atom stereocenters. The van der Waals surface area contributed by atoms with Crippen molar-refractivity contribution in [3.8, 4) is 5.75 Å². The van der Waals surface area contributed by atoms with E-state index in [9.17, 15) is 9.90 Å². The summed E-state index contributed by atoms with van der Waals surface area (Å²) in [5, 5.41) is 10.4. The molecule has 0 aliphatic rings. The van der Waals surface area contributed by atoms with Crippen molar-refractivity contribution in [3.05, 3.63) is 34.0 Å². The van der Waals surface area contributed by atoms with Gasteiger partial charge in [0.1, 0.15) is 5.58 Å². The molecule has 0 spiro atoms. The second-order valence-electron chi connectivity index (χ2n) is 4.26. The topological polar surface area (TPSA) is 53.7 Å². The summed E-state index contributed by atoms with van der Waals surface area (Å²) in [4.78, 5) is 13.9. The van der Waals surface area contributed by atoms with Crippen LogP contribution < -0.4 is 10.3 Å². The van der Waals surface area contributed by atoms with Crippen LogP contribution in [0.2, 0.25) is 0 Å². The van der Waals surface area contributed by atoms with Crippen LogP contribution in [0.15, 0.2) is 27.4 Å². The first-order valence-corrected chi connectivity index (χ1v) is 6.09. The molecule has 18 heavy (non-hydrogen) atoms. The highest BCUT2D eigenvalue weighted by atomic mass is 16.4. The van der Waals surface area contributed by atoms with Gasteiger partial charge in [0.2, 0.25) is 17.1 Å². The summed E-state index contributed by atoms with van der Waals surface area (Å²) >= 11 is 0. The van der Waals surface area contributed by atoms with Crippen molar-refractivity contribution in [2.45, 2.75) is 20.8 Å². The summed E-state index contributed by atoms with van der Waals surface area (Å²) in [5.74, 6) is -0.0573. The fourth-order valence-electron chi connectivity index (χ4n) is 2.00. The van der Waals surface area contributed by atoms with Gasteiger partial charge in [0.25, 0.3) is 0 Å². The number of fused-ring (bicyclic) bond motifs is 1. The van der Waals surface area contributed by atoms with Gasteiger partial charge in [0, 0.05) is 13.1 Å². The average molecular weight is 247 g/mol. The third-order valence-electron chi connectivity index (χ3n) is 3.06. The Morgan fingerprint density at radius 2 is 1.94 bits per heavy atom. The van der Waals surface area contributed by atoms with Gasteiger partial charge in [-0.15, -0.1) is 0 Å². The molecule has 0 bridgehead atoms. The number of benzene rings is 1. The molecular formula is C14H17NO3. The van der Waals surface area contributed by atoms with Gasteiger partial charge in [-0.3, -0.25) is 4.79 Å². The fourth-order valence-corrected chi connectivity index (χ4v) is 2.00. The van der Waals surface area contributed by atoms with E-state index in [-0.39, 0.29) is 17.1 Å². The van der Waals surface area contributed by atoms with Crippen molar-refractivity contribution < 1.29 is 9.52 Å². The van der Waals surface area contributed by atoms with Gasteiger partial charge in [-0.25, -0.2) is 0 Å². The minimum absolute atomic E-state index is 0.253. The molecule has 2 aromatic rings. The Bertz CT molecular complexity index is 627. The normalized spacial score (nSPS) is 10.8. The molecular weight excluding hydrogens is 230 g/mol. The van der Waals surface area contributed by atoms with E-state index in [1.165, 1.54) is 0 Å². The Balaban J connectivity index is 2.76. The van der Waals surface area contributed by atoms with Gasteiger partial charge in [0.15, 0.2) is 0 Å². The summed E-state index contributed by atoms with van der Waals surface area (Å²) in [5.41, 5.74) is 1.15. The molecule has 96 valence electrons. The van der Waals surface area contributed by atoms with Crippen molar-refractivity contribution in [3.63, 3.8) is 0 Å². The maximum absolute atomic E-state index is 12.1. The molecule has 0 saturated heterocycles. The van der Waals surface area contributed by atoms with E-state index in [0.717, 1.165) is 5.56 Å². The van der Waals surface area contributed by atoms with Crippen LogP contribution in [0, 0.1) is 6.92 Å². The second-order valence-corrected chi connectivity index (χ2v) is 4.26. The van der Waals surface area contributed by atoms with Crippen LogP contribution in [0.1, 0.15) is 19.4 Å². The van der Waals surface area contributed by atoms with E-state index in [0.29, 0.717) is 24.1 Å². The highest BCUT2D eigenvalue weighted by Gasteiger charge is 2.17. The number of aryl methyl sites for hydroxylation is 1. The quantitative estimate of drug-likeness (QED) is 0.906. The smallest absolute Gasteiger partial charge is 0.242 e. The molecule has 1 N–H and O–H groups in total. The SMILES string of the molecule is CCN(CC)c1oc2cc(C)ccc2c(=O)c1O. The van der Waals surface area contributed by atoms with Crippen molar-refractivity contribution in [1.82, 2.24) is 0 Å². The molecule has 4 heteroatoms. The predicted octanol–water partition coefficient (Wildman–Crippen LogP) is 2.65. The lowest BCUT2D eigenvalue weighted by Gasteiger charge is -2.20. The van der Waals surface area contributed by atoms with Crippen LogP contribution in [0.4, 0.5) is 5.88 Å². The molecule has 0 saturated carbocycles. The van der Waals surface area contributed by atoms with Crippen LogP contribution in [0.5, 0.6) is 5.75 Å². The highest BCUT2D eigenvalue weighted by molar-refractivity contribution is 5.80. The van der Waals surface area contributed by atoms with E-state index in [2.05, 4.69) is 0 Å². The van der Waals surface area contributed by atoms with Crippen molar-refractivity contribution in [2.24, 2.45) is 0 Å². The second kappa shape index (κ2) is 4.72. The van der Waals surface area contributed by atoms with Crippen molar-refractivity contribution in [1.29, 1.82) is 0 Å². The van der Waals surface area contributed by atoms with E-state index in [1.54, 1.807) is 6.07 Å². The highest BCUT2D eigenvalue weighted by Crippen LogP contribution is 2.28. The molecule has 0 aliphatic heterocycles. The lowest BCUT2D eigenvalue weighted by Crippen LogP contribution is -2.23. The van der Waals surface area contributed by atoms with E-state index in [4.69, 9.17) is 4.42 Å². The first kappa shape index (κ1) is 12.5. The average Bonchev–Trinajstić information content (AvgIpc) is 2.36. The predicted molar refractivity (Wildman–Crippen MR) is 72.4 cm³/mol.